The standard InChI is InChI=1S/C21H33NO7/c1-20(2,3)29-19(25)22-17(18(23)24)21(4)10-8-15(9-11-21)26-13-14-28-16-7-5-6-12-27-16/h8-10,16-17H,5-7,11-14H2,1-4H3,(H,22,25)(H,23,24)/t16?,17-,21?/m1/s1. The number of rotatable bonds is 8. The summed E-state index contributed by atoms with van der Waals surface area (Å²) in [4.78, 5) is 23.8. The SMILES string of the molecule is CC(C)(C)OC(=O)N[C@H](C(=O)O)C1(C)C=CC(OCCOC2CCCCO2)=CC1. The van der Waals surface area contributed by atoms with Crippen molar-refractivity contribution in [2.24, 2.45) is 5.41 Å². The van der Waals surface area contributed by atoms with Gasteiger partial charge in [-0.05, 0) is 58.6 Å². The van der Waals surface area contributed by atoms with E-state index < -0.39 is 29.1 Å². The molecule has 0 saturated carbocycles. The highest BCUT2D eigenvalue weighted by Crippen LogP contribution is 2.33. The number of nitrogens with one attached hydrogen (secondary N) is 1. The zero-order valence-electron chi connectivity index (χ0n) is 17.7. The van der Waals surface area contributed by atoms with Gasteiger partial charge in [0.25, 0.3) is 0 Å². The Morgan fingerprint density at radius 2 is 2.10 bits per heavy atom. The highest BCUT2D eigenvalue weighted by atomic mass is 16.7. The fraction of sp³-hybridized carbons (Fsp3) is 0.714. The van der Waals surface area contributed by atoms with Gasteiger partial charge in [-0.3, -0.25) is 0 Å². The first kappa shape index (κ1) is 23.2. The molecular formula is C21H33NO7. The maximum absolute atomic E-state index is 12.0. The molecule has 164 valence electrons. The number of carboxylic acids is 1. The molecule has 0 spiro atoms. The fourth-order valence-electron chi connectivity index (χ4n) is 3.17. The van der Waals surface area contributed by atoms with Gasteiger partial charge in [-0.1, -0.05) is 13.0 Å². The minimum atomic E-state index is -1.13. The number of amides is 1. The largest absolute Gasteiger partial charge is 0.492 e. The molecule has 1 aliphatic carbocycles. The van der Waals surface area contributed by atoms with Crippen molar-refractivity contribution in [2.75, 3.05) is 19.8 Å². The van der Waals surface area contributed by atoms with Crippen LogP contribution in [0.25, 0.3) is 0 Å². The lowest BCUT2D eigenvalue weighted by atomic mass is 9.76. The molecule has 2 aliphatic rings. The molecule has 1 heterocycles. The van der Waals surface area contributed by atoms with E-state index in [0.717, 1.165) is 25.9 Å². The van der Waals surface area contributed by atoms with Crippen LogP contribution in [0.1, 0.15) is 53.4 Å². The Hall–Kier alpha value is -2.06. The number of carbonyl (C=O) groups is 2. The van der Waals surface area contributed by atoms with Gasteiger partial charge in [0.05, 0.1) is 6.61 Å². The maximum atomic E-state index is 12.0. The fourth-order valence-corrected chi connectivity index (χ4v) is 3.17. The zero-order chi connectivity index (χ0) is 21.5. The number of hydrogen-bond acceptors (Lipinski definition) is 6. The summed E-state index contributed by atoms with van der Waals surface area (Å²) in [5.74, 6) is -0.473. The quantitative estimate of drug-likeness (QED) is 0.590. The van der Waals surface area contributed by atoms with Gasteiger partial charge in [0.15, 0.2) is 6.29 Å². The number of ether oxygens (including phenoxy) is 4. The highest BCUT2D eigenvalue weighted by molar-refractivity contribution is 5.81. The molecule has 1 amide bonds. The number of hydrogen-bond donors (Lipinski definition) is 2. The van der Waals surface area contributed by atoms with Crippen molar-refractivity contribution < 1.29 is 33.6 Å². The van der Waals surface area contributed by atoms with Crippen molar-refractivity contribution in [1.29, 1.82) is 0 Å². The van der Waals surface area contributed by atoms with Gasteiger partial charge in [0.1, 0.15) is 24.0 Å². The van der Waals surface area contributed by atoms with E-state index in [-0.39, 0.29) is 6.29 Å². The highest BCUT2D eigenvalue weighted by Gasteiger charge is 2.40. The Labute approximate surface area is 172 Å². The Bertz CT molecular complexity index is 631. The van der Waals surface area contributed by atoms with Gasteiger partial charge in [-0.15, -0.1) is 0 Å². The first-order valence-electron chi connectivity index (χ1n) is 10.1. The molecular weight excluding hydrogens is 378 g/mol. The van der Waals surface area contributed by atoms with Gasteiger partial charge in [-0.2, -0.15) is 0 Å². The first-order valence-corrected chi connectivity index (χ1v) is 10.1. The topological polar surface area (TPSA) is 103 Å². The number of allylic oxidation sites excluding steroid dienone is 2. The van der Waals surface area contributed by atoms with Gasteiger partial charge in [-0.25, -0.2) is 9.59 Å². The van der Waals surface area contributed by atoms with Crippen molar-refractivity contribution in [3.05, 3.63) is 24.0 Å². The van der Waals surface area contributed by atoms with E-state index in [9.17, 15) is 14.7 Å². The van der Waals surface area contributed by atoms with E-state index in [1.807, 2.05) is 6.08 Å². The van der Waals surface area contributed by atoms with Gasteiger partial charge >= 0.3 is 12.1 Å². The summed E-state index contributed by atoms with van der Waals surface area (Å²) in [5, 5.41) is 12.1. The lowest BCUT2D eigenvalue weighted by molar-refractivity contribution is -0.167. The smallest absolute Gasteiger partial charge is 0.408 e. The average Bonchev–Trinajstić information content (AvgIpc) is 2.64. The van der Waals surface area contributed by atoms with E-state index in [2.05, 4.69) is 5.32 Å². The molecule has 2 N–H and O–H groups in total. The molecule has 0 aromatic heterocycles. The number of carboxylic acid groups (broad SMARTS) is 1. The average molecular weight is 411 g/mol. The van der Waals surface area contributed by atoms with E-state index in [4.69, 9.17) is 18.9 Å². The van der Waals surface area contributed by atoms with Crippen molar-refractivity contribution in [3.8, 4) is 0 Å². The summed E-state index contributed by atoms with van der Waals surface area (Å²) in [7, 11) is 0. The summed E-state index contributed by atoms with van der Waals surface area (Å²) in [6.45, 7) is 8.48. The van der Waals surface area contributed by atoms with E-state index in [1.54, 1.807) is 39.8 Å². The second kappa shape index (κ2) is 10.1. The van der Waals surface area contributed by atoms with Crippen LogP contribution < -0.4 is 5.32 Å². The van der Waals surface area contributed by atoms with E-state index >= 15 is 0 Å². The molecule has 1 saturated heterocycles. The molecule has 8 nitrogen and oxygen atoms in total. The lowest BCUT2D eigenvalue weighted by Crippen LogP contribution is -2.52. The molecule has 0 radical (unpaired) electrons. The van der Waals surface area contributed by atoms with Crippen LogP contribution in [-0.4, -0.2) is 54.9 Å². The predicted octanol–water partition coefficient (Wildman–Crippen LogP) is 3.37. The van der Waals surface area contributed by atoms with Crippen LogP contribution in [0.15, 0.2) is 24.0 Å². The van der Waals surface area contributed by atoms with Crippen LogP contribution in [0, 0.1) is 5.41 Å². The third kappa shape index (κ3) is 7.70. The second-order valence-corrected chi connectivity index (χ2v) is 8.58. The van der Waals surface area contributed by atoms with Gasteiger partial charge < -0.3 is 29.4 Å². The molecule has 0 aromatic carbocycles. The van der Waals surface area contributed by atoms with Crippen LogP contribution >= 0.6 is 0 Å². The van der Waals surface area contributed by atoms with E-state index in [0.29, 0.717) is 25.4 Å². The minimum Gasteiger partial charge on any atom is -0.492 e. The Morgan fingerprint density at radius 1 is 1.34 bits per heavy atom. The molecule has 0 aromatic rings. The number of aliphatic carboxylic acids is 1. The Kier molecular flexibility index (Phi) is 8.10. The van der Waals surface area contributed by atoms with E-state index in [1.165, 1.54) is 0 Å². The zero-order valence-corrected chi connectivity index (χ0v) is 17.7. The molecule has 2 rings (SSSR count). The third-order valence-corrected chi connectivity index (χ3v) is 4.73. The molecule has 2 unspecified atom stereocenters. The molecule has 8 heteroatoms. The normalized spacial score (nSPS) is 25.7. The van der Waals surface area contributed by atoms with Crippen molar-refractivity contribution in [3.63, 3.8) is 0 Å². The summed E-state index contributed by atoms with van der Waals surface area (Å²) < 4.78 is 22.0. The van der Waals surface area contributed by atoms with Crippen molar-refractivity contribution in [1.82, 2.24) is 5.32 Å². The number of alkyl carbamates (subject to hydrolysis) is 1. The Balaban J connectivity index is 1.82. The van der Waals surface area contributed by atoms with Gasteiger partial charge in [0.2, 0.25) is 0 Å². The van der Waals surface area contributed by atoms with Crippen molar-refractivity contribution >= 4 is 12.1 Å². The molecule has 1 aliphatic heterocycles. The predicted molar refractivity (Wildman–Crippen MR) is 106 cm³/mol. The lowest BCUT2D eigenvalue weighted by Gasteiger charge is -2.34. The van der Waals surface area contributed by atoms with Crippen LogP contribution in [0.3, 0.4) is 0 Å². The monoisotopic (exact) mass is 411 g/mol. The van der Waals surface area contributed by atoms with Crippen LogP contribution in [0.2, 0.25) is 0 Å². The Morgan fingerprint density at radius 3 is 2.66 bits per heavy atom. The van der Waals surface area contributed by atoms with Crippen LogP contribution in [-0.2, 0) is 23.7 Å². The molecule has 0 bridgehead atoms. The summed E-state index contributed by atoms with van der Waals surface area (Å²) in [6, 6.07) is -1.13. The molecule has 3 atom stereocenters. The molecule has 29 heavy (non-hydrogen) atoms. The minimum absolute atomic E-state index is 0.151. The second-order valence-electron chi connectivity index (χ2n) is 8.58. The summed E-state index contributed by atoms with van der Waals surface area (Å²) in [6.07, 6.45) is 7.89. The number of carbonyl (C=O) groups excluding carboxylic acids is 1. The van der Waals surface area contributed by atoms with Gasteiger partial charge in [0, 0.05) is 12.0 Å². The maximum Gasteiger partial charge on any atom is 0.408 e. The first-order chi connectivity index (χ1) is 13.6. The van der Waals surface area contributed by atoms with Crippen LogP contribution in [0.5, 0.6) is 0 Å². The van der Waals surface area contributed by atoms with Crippen molar-refractivity contribution in [2.45, 2.75) is 71.3 Å². The molecule has 1 fully saturated rings. The van der Waals surface area contributed by atoms with Crippen LogP contribution in [0.4, 0.5) is 4.79 Å². The third-order valence-electron chi connectivity index (χ3n) is 4.73. The summed E-state index contributed by atoms with van der Waals surface area (Å²) >= 11 is 0. The summed E-state index contributed by atoms with van der Waals surface area (Å²) in [5.41, 5.74) is -1.51.